The first-order valence-electron chi connectivity index (χ1n) is 8.86. The van der Waals surface area contributed by atoms with E-state index in [2.05, 4.69) is 10.6 Å². The fourth-order valence-corrected chi connectivity index (χ4v) is 2.59. The second-order valence-corrected chi connectivity index (χ2v) is 6.17. The molecule has 6 nitrogen and oxygen atoms in total. The molecule has 0 saturated heterocycles. The molecule has 28 heavy (non-hydrogen) atoms. The molecule has 3 aromatic carbocycles. The van der Waals surface area contributed by atoms with Crippen LogP contribution in [0.25, 0.3) is 0 Å². The number of benzene rings is 3. The molecule has 0 aliphatic carbocycles. The van der Waals surface area contributed by atoms with Crippen molar-refractivity contribution in [3.8, 4) is 5.75 Å². The minimum absolute atomic E-state index is 0.0764. The maximum Gasteiger partial charge on any atom is 0.243 e. The monoisotopic (exact) mass is 374 g/mol. The first-order chi connectivity index (χ1) is 13.6. The number of nitrogens with one attached hydrogen (secondary N) is 3. The number of hydrogen-bond donors (Lipinski definition) is 4. The SMILES string of the molecule is N=C(N)c1ccc(OCc2ccccc2)c(NC(=O)CNc2ccccc2)c1. The third-order valence-corrected chi connectivity index (χ3v) is 4.03. The van der Waals surface area contributed by atoms with Crippen molar-refractivity contribution in [3.05, 3.63) is 90.0 Å². The van der Waals surface area contributed by atoms with E-state index in [1.807, 2.05) is 60.7 Å². The molecule has 6 heteroatoms. The molecule has 0 radical (unpaired) electrons. The van der Waals surface area contributed by atoms with E-state index in [1.54, 1.807) is 18.2 Å². The Kier molecular flexibility index (Phi) is 6.25. The van der Waals surface area contributed by atoms with Crippen LogP contribution in [0.15, 0.2) is 78.9 Å². The Hall–Kier alpha value is -3.80. The highest BCUT2D eigenvalue weighted by atomic mass is 16.5. The smallest absolute Gasteiger partial charge is 0.243 e. The van der Waals surface area contributed by atoms with Crippen LogP contribution < -0.4 is 21.1 Å². The lowest BCUT2D eigenvalue weighted by Crippen LogP contribution is -2.22. The predicted octanol–water partition coefficient (Wildman–Crippen LogP) is 3.60. The Morgan fingerprint density at radius 3 is 2.32 bits per heavy atom. The van der Waals surface area contributed by atoms with E-state index < -0.39 is 0 Å². The summed E-state index contributed by atoms with van der Waals surface area (Å²) in [6, 6.07) is 24.3. The van der Waals surface area contributed by atoms with Gasteiger partial charge in [-0.2, -0.15) is 0 Å². The molecule has 0 atom stereocenters. The van der Waals surface area contributed by atoms with Gasteiger partial charge in [0.15, 0.2) is 0 Å². The predicted molar refractivity (Wildman–Crippen MR) is 112 cm³/mol. The number of para-hydroxylation sites is 1. The van der Waals surface area contributed by atoms with E-state index in [9.17, 15) is 4.79 Å². The van der Waals surface area contributed by atoms with Crippen LogP contribution in [0.5, 0.6) is 5.75 Å². The molecule has 0 aliphatic heterocycles. The molecular formula is C22H22N4O2. The van der Waals surface area contributed by atoms with Crippen LogP contribution in [0.4, 0.5) is 11.4 Å². The summed E-state index contributed by atoms with van der Waals surface area (Å²) in [5, 5.41) is 13.5. The largest absolute Gasteiger partial charge is 0.487 e. The minimum atomic E-state index is -0.228. The molecule has 3 rings (SSSR count). The lowest BCUT2D eigenvalue weighted by Gasteiger charge is -2.14. The van der Waals surface area contributed by atoms with Crippen molar-refractivity contribution < 1.29 is 9.53 Å². The van der Waals surface area contributed by atoms with Crippen LogP contribution in [-0.4, -0.2) is 18.3 Å². The van der Waals surface area contributed by atoms with Gasteiger partial charge in [0.1, 0.15) is 18.2 Å². The Balaban J connectivity index is 1.70. The molecule has 142 valence electrons. The molecule has 0 bridgehead atoms. The Bertz CT molecular complexity index is 943. The zero-order valence-electron chi connectivity index (χ0n) is 15.3. The molecular weight excluding hydrogens is 352 g/mol. The molecule has 1 amide bonds. The number of nitrogen functional groups attached to an aromatic ring is 1. The molecule has 3 aromatic rings. The summed E-state index contributed by atoms with van der Waals surface area (Å²) in [4.78, 5) is 12.4. The molecule has 0 spiro atoms. The Morgan fingerprint density at radius 2 is 1.64 bits per heavy atom. The van der Waals surface area contributed by atoms with E-state index >= 15 is 0 Å². The number of rotatable bonds is 8. The summed E-state index contributed by atoms with van der Waals surface area (Å²) >= 11 is 0. The zero-order valence-corrected chi connectivity index (χ0v) is 15.3. The fourth-order valence-electron chi connectivity index (χ4n) is 2.59. The topological polar surface area (TPSA) is 100 Å². The van der Waals surface area contributed by atoms with Crippen molar-refractivity contribution in [2.45, 2.75) is 6.61 Å². The second-order valence-electron chi connectivity index (χ2n) is 6.17. The highest BCUT2D eigenvalue weighted by molar-refractivity contribution is 5.99. The third-order valence-electron chi connectivity index (χ3n) is 4.03. The summed E-state index contributed by atoms with van der Waals surface area (Å²) in [5.74, 6) is 0.212. The first kappa shape index (κ1) is 19.0. The van der Waals surface area contributed by atoms with Crippen molar-refractivity contribution in [1.82, 2.24) is 0 Å². The highest BCUT2D eigenvalue weighted by Crippen LogP contribution is 2.27. The molecule has 0 aromatic heterocycles. The summed E-state index contributed by atoms with van der Waals surface area (Å²) < 4.78 is 5.88. The minimum Gasteiger partial charge on any atom is -0.487 e. The van der Waals surface area contributed by atoms with E-state index in [0.29, 0.717) is 23.6 Å². The number of carbonyl (C=O) groups excluding carboxylic acids is 1. The van der Waals surface area contributed by atoms with Crippen molar-refractivity contribution in [3.63, 3.8) is 0 Å². The summed E-state index contributed by atoms with van der Waals surface area (Å²) in [5.41, 5.74) is 8.44. The second kappa shape index (κ2) is 9.23. The number of amides is 1. The van der Waals surface area contributed by atoms with Crippen LogP contribution in [0, 0.1) is 5.41 Å². The summed E-state index contributed by atoms with van der Waals surface area (Å²) in [6.07, 6.45) is 0. The molecule has 0 unspecified atom stereocenters. The van der Waals surface area contributed by atoms with Gasteiger partial charge in [0.25, 0.3) is 0 Å². The van der Waals surface area contributed by atoms with Gasteiger partial charge in [-0.1, -0.05) is 48.5 Å². The quantitative estimate of drug-likeness (QED) is 0.357. The number of ether oxygens (including phenoxy) is 1. The Labute approximate surface area is 163 Å². The number of hydrogen-bond acceptors (Lipinski definition) is 4. The van der Waals surface area contributed by atoms with E-state index in [4.69, 9.17) is 15.9 Å². The van der Waals surface area contributed by atoms with Gasteiger partial charge in [-0.15, -0.1) is 0 Å². The fraction of sp³-hybridized carbons (Fsp3) is 0.0909. The number of anilines is 2. The van der Waals surface area contributed by atoms with Crippen molar-refractivity contribution in [1.29, 1.82) is 5.41 Å². The molecule has 5 N–H and O–H groups in total. The third kappa shape index (κ3) is 5.35. The number of nitrogens with two attached hydrogens (primary N) is 1. The molecule has 0 heterocycles. The normalized spacial score (nSPS) is 10.1. The van der Waals surface area contributed by atoms with E-state index in [1.165, 1.54) is 0 Å². The molecule has 0 fully saturated rings. The first-order valence-corrected chi connectivity index (χ1v) is 8.86. The van der Waals surface area contributed by atoms with Gasteiger partial charge in [-0.25, -0.2) is 0 Å². The van der Waals surface area contributed by atoms with Crippen LogP contribution in [0.2, 0.25) is 0 Å². The van der Waals surface area contributed by atoms with Gasteiger partial charge in [0.2, 0.25) is 5.91 Å². The standard InChI is InChI=1S/C22H22N4O2/c23-22(24)17-11-12-20(28-15-16-7-3-1-4-8-16)19(13-17)26-21(27)14-25-18-9-5-2-6-10-18/h1-13,25H,14-15H2,(H3,23,24)(H,26,27). The average molecular weight is 374 g/mol. The van der Waals surface area contributed by atoms with E-state index in [-0.39, 0.29) is 18.3 Å². The van der Waals surface area contributed by atoms with Gasteiger partial charge in [0, 0.05) is 11.3 Å². The van der Waals surface area contributed by atoms with Gasteiger partial charge < -0.3 is 21.1 Å². The number of carbonyl (C=O) groups is 1. The van der Waals surface area contributed by atoms with Crippen LogP contribution >= 0.6 is 0 Å². The Morgan fingerprint density at radius 1 is 0.964 bits per heavy atom. The zero-order chi connectivity index (χ0) is 19.8. The van der Waals surface area contributed by atoms with Crippen LogP contribution in [-0.2, 0) is 11.4 Å². The van der Waals surface area contributed by atoms with Gasteiger partial charge in [0.05, 0.1) is 12.2 Å². The number of amidine groups is 1. The van der Waals surface area contributed by atoms with E-state index in [0.717, 1.165) is 11.3 Å². The average Bonchev–Trinajstić information content (AvgIpc) is 2.72. The van der Waals surface area contributed by atoms with Gasteiger partial charge >= 0.3 is 0 Å². The van der Waals surface area contributed by atoms with Gasteiger partial charge in [-0.3, -0.25) is 10.2 Å². The summed E-state index contributed by atoms with van der Waals surface area (Å²) in [6.45, 7) is 0.470. The maximum absolute atomic E-state index is 12.4. The van der Waals surface area contributed by atoms with Gasteiger partial charge in [-0.05, 0) is 35.9 Å². The van der Waals surface area contributed by atoms with Crippen molar-refractivity contribution in [2.24, 2.45) is 5.73 Å². The van der Waals surface area contributed by atoms with Crippen LogP contribution in [0.3, 0.4) is 0 Å². The maximum atomic E-state index is 12.4. The van der Waals surface area contributed by atoms with Crippen LogP contribution in [0.1, 0.15) is 11.1 Å². The molecule has 0 saturated carbocycles. The lowest BCUT2D eigenvalue weighted by molar-refractivity contribution is -0.114. The molecule has 0 aliphatic rings. The van der Waals surface area contributed by atoms with Crippen molar-refractivity contribution in [2.75, 3.05) is 17.2 Å². The van der Waals surface area contributed by atoms with Crippen molar-refractivity contribution >= 4 is 23.1 Å². The summed E-state index contributed by atoms with van der Waals surface area (Å²) in [7, 11) is 0. The lowest BCUT2D eigenvalue weighted by atomic mass is 10.1. The highest BCUT2D eigenvalue weighted by Gasteiger charge is 2.11.